The minimum atomic E-state index is -0.00383. The van der Waals surface area contributed by atoms with Gasteiger partial charge in [-0.2, -0.15) is 0 Å². The number of amides is 1. The number of thiophene rings is 1. The number of ether oxygens (including phenoxy) is 1. The van der Waals surface area contributed by atoms with Gasteiger partial charge in [-0.15, -0.1) is 5.10 Å². The minimum Gasteiger partial charge on any atom is -0.419 e. The van der Waals surface area contributed by atoms with E-state index in [-0.39, 0.29) is 11.9 Å². The van der Waals surface area contributed by atoms with E-state index in [1.54, 1.807) is 17.6 Å². The molecule has 5 heterocycles. The zero-order valence-electron chi connectivity index (χ0n) is 11.9. The number of hydrogen-bond acceptors (Lipinski definition) is 7. The van der Waals surface area contributed by atoms with E-state index in [2.05, 4.69) is 20.4 Å². The first-order valence-electron chi connectivity index (χ1n) is 7.35. The Labute approximate surface area is 136 Å². The monoisotopic (exact) mass is 336 g/mol. The molecule has 1 amide bonds. The van der Waals surface area contributed by atoms with Gasteiger partial charge in [-0.1, -0.05) is 27.8 Å². The van der Waals surface area contributed by atoms with Crippen molar-refractivity contribution in [2.45, 2.75) is 18.9 Å². The van der Waals surface area contributed by atoms with Gasteiger partial charge in [0.1, 0.15) is 5.51 Å². The van der Waals surface area contributed by atoms with E-state index in [9.17, 15) is 4.79 Å². The van der Waals surface area contributed by atoms with Crippen molar-refractivity contribution >= 4 is 28.6 Å². The molecule has 3 aliphatic heterocycles. The highest BCUT2D eigenvalue weighted by Crippen LogP contribution is 2.31. The topological polar surface area (TPSA) is 67.4 Å². The quantitative estimate of drug-likeness (QED) is 0.927. The molecule has 8 heteroatoms. The van der Waals surface area contributed by atoms with Gasteiger partial charge in [0.2, 0.25) is 0 Å². The molecule has 0 saturated carbocycles. The lowest BCUT2D eigenvalue weighted by molar-refractivity contribution is 0.0622. The fourth-order valence-corrected chi connectivity index (χ4v) is 4.39. The molecule has 22 heavy (non-hydrogen) atoms. The Morgan fingerprint density at radius 2 is 2.23 bits per heavy atom. The van der Waals surface area contributed by atoms with Crippen molar-refractivity contribution in [1.29, 1.82) is 0 Å². The Morgan fingerprint density at radius 3 is 2.91 bits per heavy atom. The van der Waals surface area contributed by atoms with Gasteiger partial charge < -0.3 is 15.0 Å². The number of carbonyl (C=O) groups excluding carboxylic acids is 1. The third-order valence-electron chi connectivity index (χ3n) is 4.31. The Hall–Kier alpha value is -1.51. The maximum Gasteiger partial charge on any atom is 0.300 e. The lowest BCUT2D eigenvalue weighted by atomic mass is 9.84. The van der Waals surface area contributed by atoms with Gasteiger partial charge >= 0.3 is 0 Å². The maximum absolute atomic E-state index is 12.4. The van der Waals surface area contributed by atoms with Crippen molar-refractivity contribution in [2.24, 2.45) is 5.92 Å². The molecule has 2 aromatic heterocycles. The molecule has 116 valence electrons. The molecule has 2 aromatic rings. The molecule has 0 spiro atoms. The highest BCUT2D eigenvalue weighted by atomic mass is 32.1. The van der Waals surface area contributed by atoms with Gasteiger partial charge in [0, 0.05) is 12.6 Å². The summed E-state index contributed by atoms with van der Waals surface area (Å²) >= 11 is 2.67. The van der Waals surface area contributed by atoms with E-state index in [1.165, 1.54) is 48.6 Å². The van der Waals surface area contributed by atoms with Gasteiger partial charge in [0.15, 0.2) is 5.06 Å². The van der Waals surface area contributed by atoms with Gasteiger partial charge in [0.25, 0.3) is 11.1 Å². The molecule has 5 rings (SSSR count). The number of piperidine rings is 3. The molecule has 0 radical (unpaired) electrons. The molecule has 3 aliphatic rings. The van der Waals surface area contributed by atoms with Crippen LogP contribution in [0.4, 0.5) is 0 Å². The Bertz CT molecular complexity index is 650. The van der Waals surface area contributed by atoms with Crippen LogP contribution in [-0.4, -0.2) is 46.7 Å². The average Bonchev–Trinajstić information content (AvgIpc) is 3.21. The number of fused-ring (bicyclic) bond motifs is 3. The van der Waals surface area contributed by atoms with E-state index in [4.69, 9.17) is 4.74 Å². The van der Waals surface area contributed by atoms with Crippen LogP contribution in [0.1, 0.15) is 22.5 Å². The van der Waals surface area contributed by atoms with E-state index >= 15 is 0 Å². The normalized spacial score (nSPS) is 26.8. The maximum atomic E-state index is 12.4. The van der Waals surface area contributed by atoms with Crippen LogP contribution in [0.15, 0.2) is 17.6 Å². The SMILES string of the molecule is O=C(NC1CN2CCC1CC2)c1ccc(Oc2nncs2)s1. The van der Waals surface area contributed by atoms with Crippen molar-refractivity contribution in [3.8, 4) is 10.3 Å². The Morgan fingerprint density at radius 1 is 1.36 bits per heavy atom. The zero-order chi connectivity index (χ0) is 14.9. The first-order chi connectivity index (χ1) is 10.8. The largest absolute Gasteiger partial charge is 0.419 e. The summed E-state index contributed by atoms with van der Waals surface area (Å²) in [4.78, 5) is 15.5. The predicted molar refractivity (Wildman–Crippen MR) is 84.7 cm³/mol. The van der Waals surface area contributed by atoms with Crippen LogP contribution in [0.25, 0.3) is 0 Å². The molecule has 1 N–H and O–H groups in total. The van der Waals surface area contributed by atoms with Gasteiger partial charge in [-0.05, 0) is 44.0 Å². The summed E-state index contributed by atoms with van der Waals surface area (Å²) in [6.07, 6.45) is 2.39. The van der Waals surface area contributed by atoms with Crippen LogP contribution >= 0.6 is 22.7 Å². The molecule has 3 fully saturated rings. The smallest absolute Gasteiger partial charge is 0.300 e. The second-order valence-electron chi connectivity index (χ2n) is 5.64. The standard InChI is InChI=1S/C14H16N4O2S2/c19-13(16-10-7-18-5-3-9(10)4-6-18)11-1-2-12(22-11)20-14-17-15-8-21-14/h1-2,8-10H,3-7H2,(H,16,19). The Balaban J connectivity index is 1.39. The van der Waals surface area contributed by atoms with Crippen molar-refractivity contribution in [1.82, 2.24) is 20.4 Å². The van der Waals surface area contributed by atoms with Gasteiger partial charge in [-0.25, -0.2) is 0 Å². The number of rotatable bonds is 4. The predicted octanol–water partition coefficient (Wildman–Crippen LogP) is 2.22. The van der Waals surface area contributed by atoms with Crippen LogP contribution in [0.2, 0.25) is 0 Å². The van der Waals surface area contributed by atoms with Gasteiger partial charge in [-0.3, -0.25) is 4.79 Å². The third-order valence-corrected chi connectivity index (χ3v) is 5.83. The number of hydrogen-bond donors (Lipinski definition) is 1. The van der Waals surface area contributed by atoms with Crippen LogP contribution in [0, 0.1) is 5.92 Å². The van der Waals surface area contributed by atoms with Crippen molar-refractivity contribution in [3.05, 3.63) is 22.5 Å². The molecular formula is C14H16N4O2S2. The van der Waals surface area contributed by atoms with Crippen molar-refractivity contribution in [3.63, 3.8) is 0 Å². The third kappa shape index (κ3) is 2.86. The van der Waals surface area contributed by atoms with Crippen LogP contribution in [0.5, 0.6) is 10.3 Å². The summed E-state index contributed by atoms with van der Waals surface area (Å²) in [5.74, 6) is 0.627. The fraction of sp³-hybridized carbons (Fsp3) is 0.500. The summed E-state index contributed by atoms with van der Waals surface area (Å²) in [5.41, 5.74) is 1.62. The molecule has 0 aromatic carbocycles. The van der Waals surface area contributed by atoms with Crippen LogP contribution < -0.4 is 10.1 Å². The summed E-state index contributed by atoms with van der Waals surface area (Å²) in [7, 11) is 0. The first kappa shape index (κ1) is 14.1. The van der Waals surface area contributed by atoms with E-state index in [1.807, 2.05) is 0 Å². The van der Waals surface area contributed by atoms with E-state index in [0.717, 1.165) is 6.54 Å². The lowest BCUT2D eigenvalue weighted by Crippen LogP contribution is -2.57. The second-order valence-corrected chi connectivity index (χ2v) is 7.49. The number of carbonyl (C=O) groups is 1. The molecule has 3 saturated heterocycles. The molecular weight excluding hydrogens is 320 g/mol. The average molecular weight is 336 g/mol. The second kappa shape index (κ2) is 5.94. The van der Waals surface area contributed by atoms with Gasteiger partial charge in [0.05, 0.1) is 4.88 Å². The summed E-state index contributed by atoms with van der Waals surface area (Å²) in [6, 6.07) is 3.89. The lowest BCUT2D eigenvalue weighted by Gasteiger charge is -2.44. The molecule has 6 nitrogen and oxygen atoms in total. The minimum absolute atomic E-state index is 0.00383. The van der Waals surface area contributed by atoms with Crippen molar-refractivity contribution in [2.75, 3.05) is 19.6 Å². The van der Waals surface area contributed by atoms with Crippen molar-refractivity contribution < 1.29 is 9.53 Å². The number of nitrogens with zero attached hydrogens (tertiary/aromatic N) is 3. The first-order valence-corrected chi connectivity index (χ1v) is 9.04. The fourth-order valence-electron chi connectivity index (χ4n) is 3.16. The summed E-state index contributed by atoms with van der Waals surface area (Å²) in [5, 5.41) is 11.9. The van der Waals surface area contributed by atoms with E-state index in [0.29, 0.717) is 21.1 Å². The number of aromatic nitrogens is 2. The summed E-state index contributed by atoms with van der Waals surface area (Å²) in [6.45, 7) is 3.33. The Kier molecular flexibility index (Phi) is 3.81. The zero-order valence-corrected chi connectivity index (χ0v) is 13.5. The molecule has 0 aliphatic carbocycles. The number of nitrogens with one attached hydrogen (secondary N) is 1. The van der Waals surface area contributed by atoms with Crippen LogP contribution in [0.3, 0.4) is 0 Å². The highest BCUT2D eigenvalue weighted by Gasteiger charge is 2.35. The molecule has 2 bridgehead atoms. The molecule has 1 atom stereocenters. The summed E-state index contributed by atoms with van der Waals surface area (Å²) < 4.78 is 5.56. The van der Waals surface area contributed by atoms with E-state index < -0.39 is 0 Å². The van der Waals surface area contributed by atoms with Crippen LogP contribution in [-0.2, 0) is 0 Å². The highest BCUT2D eigenvalue weighted by molar-refractivity contribution is 7.16. The molecule has 1 unspecified atom stereocenters.